The molecular formula is C27H23N3O2. The molecule has 0 aliphatic carbocycles. The Bertz CT molecular complexity index is 1530. The fraction of sp³-hybridized carbons (Fsp3) is 0.185. The highest BCUT2D eigenvalue weighted by atomic mass is 16.2. The maximum absolute atomic E-state index is 13.5. The van der Waals surface area contributed by atoms with E-state index in [0.29, 0.717) is 23.9 Å². The average Bonchev–Trinajstić information content (AvgIpc) is 3.18. The van der Waals surface area contributed by atoms with E-state index in [2.05, 4.69) is 30.1 Å². The van der Waals surface area contributed by atoms with Gasteiger partial charge in [0.15, 0.2) is 5.43 Å². The van der Waals surface area contributed by atoms with Crippen LogP contribution in [0.15, 0.2) is 71.5 Å². The number of nitrogens with one attached hydrogen (secondary N) is 1. The van der Waals surface area contributed by atoms with E-state index in [-0.39, 0.29) is 17.9 Å². The van der Waals surface area contributed by atoms with E-state index >= 15 is 0 Å². The molecule has 0 saturated carbocycles. The highest BCUT2D eigenvalue weighted by molar-refractivity contribution is 5.95. The molecule has 5 aromatic rings. The molecule has 0 bridgehead atoms. The van der Waals surface area contributed by atoms with Gasteiger partial charge in [0.1, 0.15) is 6.54 Å². The Labute approximate surface area is 184 Å². The number of benzene rings is 3. The number of fused-ring (bicyclic) bond motifs is 5. The van der Waals surface area contributed by atoms with Gasteiger partial charge in [0.05, 0.1) is 11.0 Å². The van der Waals surface area contributed by atoms with E-state index in [4.69, 9.17) is 0 Å². The number of carbonyl (C=O) groups excluding carboxylic acids is 1. The molecule has 0 fully saturated rings. The first-order valence-corrected chi connectivity index (χ1v) is 11.0. The molecule has 1 aliphatic rings. The van der Waals surface area contributed by atoms with Gasteiger partial charge in [-0.2, -0.15) is 0 Å². The van der Waals surface area contributed by atoms with Crippen LogP contribution in [0.5, 0.6) is 0 Å². The Morgan fingerprint density at radius 3 is 2.34 bits per heavy atom. The van der Waals surface area contributed by atoms with Crippen molar-refractivity contribution in [2.24, 2.45) is 0 Å². The number of amides is 1. The van der Waals surface area contributed by atoms with Gasteiger partial charge in [0.2, 0.25) is 5.91 Å². The van der Waals surface area contributed by atoms with Gasteiger partial charge in [-0.3, -0.25) is 9.59 Å². The summed E-state index contributed by atoms with van der Waals surface area (Å²) in [5.74, 6) is 0.0663. The minimum atomic E-state index is 0.0108. The molecule has 3 aromatic carbocycles. The van der Waals surface area contributed by atoms with Crippen LogP contribution in [-0.4, -0.2) is 26.9 Å². The molecule has 158 valence electrons. The molecule has 32 heavy (non-hydrogen) atoms. The quantitative estimate of drug-likeness (QED) is 0.426. The molecule has 1 N–H and O–H groups in total. The summed E-state index contributed by atoms with van der Waals surface area (Å²) in [6.45, 7) is 3.59. The van der Waals surface area contributed by atoms with Crippen LogP contribution in [0.1, 0.15) is 16.8 Å². The topological polar surface area (TPSA) is 58.1 Å². The van der Waals surface area contributed by atoms with E-state index in [1.807, 2.05) is 58.0 Å². The summed E-state index contributed by atoms with van der Waals surface area (Å²) in [6, 6.07) is 21.5. The summed E-state index contributed by atoms with van der Waals surface area (Å²) in [5.41, 5.74) is 6.40. The summed E-state index contributed by atoms with van der Waals surface area (Å²) < 4.78 is 1.99. The van der Waals surface area contributed by atoms with Gasteiger partial charge < -0.3 is 14.5 Å². The van der Waals surface area contributed by atoms with Crippen LogP contribution in [-0.2, 0) is 24.3 Å². The molecule has 0 radical (unpaired) electrons. The molecule has 1 amide bonds. The number of pyridine rings is 1. The largest absolute Gasteiger partial charge is 0.358 e. The van der Waals surface area contributed by atoms with Crippen molar-refractivity contribution >= 4 is 38.6 Å². The maximum atomic E-state index is 13.5. The van der Waals surface area contributed by atoms with E-state index in [0.717, 1.165) is 23.0 Å². The SMILES string of the molecule is Cc1ccc2[nH]c3c(c2c1)CN(C(=O)Cn1c2ccccc2c(=O)c2ccccc21)CC3. The molecule has 2 aromatic heterocycles. The highest BCUT2D eigenvalue weighted by Crippen LogP contribution is 2.29. The van der Waals surface area contributed by atoms with E-state index in [1.54, 1.807) is 0 Å². The van der Waals surface area contributed by atoms with Gasteiger partial charge in [-0.25, -0.2) is 0 Å². The fourth-order valence-corrected chi connectivity index (χ4v) is 5.02. The van der Waals surface area contributed by atoms with Gasteiger partial charge in [0.25, 0.3) is 0 Å². The van der Waals surface area contributed by atoms with E-state index in [9.17, 15) is 9.59 Å². The molecule has 0 unspecified atom stereocenters. The zero-order valence-electron chi connectivity index (χ0n) is 17.9. The molecule has 6 rings (SSSR count). The first-order valence-electron chi connectivity index (χ1n) is 11.0. The number of rotatable bonds is 2. The van der Waals surface area contributed by atoms with E-state index in [1.165, 1.54) is 22.2 Å². The Balaban J connectivity index is 1.40. The molecule has 0 saturated heterocycles. The molecule has 5 nitrogen and oxygen atoms in total. The lowest BCUT2D eigenvalue weighted by Crippen LogP contribution is -2.38. The molecule has 0 spiro atoms. The third-order valence-corrected chi connectivity index (χ3v) is 6.66. The van der Waals surface area contributed by atoms with Crippen molar-refractivity contribution in [1.29, 1.82) is 0 Å². The lowest BCUT2D eigenvalue weighted by atomic mass is 10.0. The average molecular weight is 422 g/mol. The maximum Gasteiger partial charge on any atom is 0.242 e. The van der Waals surface area contributed by atoms with Crippen LogP contribution in [0.3, 0.4) is 0 Å². The Morgan fingerprint density at radius 1 is 0.938 bits per heavy atom. The van der Waals surface area contributed by atoms with Crippen LogP contribution in [0.25, 0.3) is 32.7 Å². The minimum Gasteiger partial charge on any atom is -0.358 e. The normalized spacial score (nSPS) is 13.7. The standard InChI is InChI=1S/C27H23N3O2/c1-17-10-11-22-20(14-17)21-15-29(13-12-23(21)28-22)26(31)16-30-24-8-4-2-6-18(24)27(32)19-7-3-5-9-25(19)30/h2-11,14,28H,12-13,15-16H2,1H3. The van der Waals surface area contributed by atoms with E-state index < -0.39 is 0 Å². The number of hydrogen-bond donors (Lipinski definition) is 1. The number of aromatic amines is 1. The monoisotopic (exact) mass is 421 g/mol. The first-order chi connectivity index (χ1) is 15.6. The van der Waals surface area contributed by atoms with Crippen LogP contribution >= 0.6 is 0 Å². The van der Waals surface area contributed by atoms with Crippen molar-refractivity contribution in [3.05, 3.63) is 93.8 Å². The number of carbonyl (C=O) groups is 1. The van der Waals surface area contributed by atoms with Crippen molar-refractivity contribution in [3.8, 4) is 0 Å². The third-order valence-electron chi connectivity index (χ3n) is 6.66. The van der Waals surface area contributed by atoms with Crippen LogP contribution in [0.4, 0.5) is 0 Å². The first kappa shape index (κ1) is 18.9. The van der Waals surface area contributed by atoms with Gasteiger partial charge >= 0.3 is 0 Å². The Hall–Kier alpha value is -3.86. The number of aryl methyl sites for hydroxylation is 1. The van der Waals surface area contributed by atoms with Gasteiger partial charge in [-0.1, -0.05) is 35.9 Å². The number of para-hydroxylation sites is 2. The number of nitrogens with zero attached hydrogens (tertiary/aromatic N) is 2. The summed E-state index contributed by atoms with van der Waals surface area (Å²) in [6.07, 6.45) is 0.820. The van der Waals surface area contributed by atoms with Crippen LogP contribution in [0, 0.1) is 6.92 Å². The van der Waals surface area contributed by atoms with Gasteiger partial charge in [0, 0.05) is 52.4 Å². The van der Waals surface area contributed by atoms with Crippen molar-refractivity contribution in [2.75, 3.05) is 6.54 Å². The molecule has 5 heteroatoms. The Kier molecular flexibility index (Phi) is 4.18. The van der Waals surface area contributed by atoms with Crippen LogP contribution < -0.4 is 5.43 Å². The summed E-state index contributed by atoms with van der Waals surface area (Å²) >= 11 is 0. The van der Waals surface area contributed by atoms with Crippen molar-refractivity contribution in [1.82, 2.24) is 14.5 Å². The van der Waals surface area contributed by atoms with Gasteiger partial charge in [-0.15, -0.1) is 0 Å². The second kappa shape index (κ2) is 7.09. The minimum absolute atomic E-state index is 0.0108. The lowest BCUT2D eigenvalue weighted by molar-refractivity contribution is -0.132. The van der Waals surface area contributed by atoms with Gasteiger partial charge in [-0.05, 0) is 43.3 Å². The number of aromatic nitrogens is 2. The summed E-state index contributed by atoms with van der Waals surface area (Å²) in [4.78, 5) is 31.9. The molecular weight excluding hydrogens is 398 g/mol. The summed E-state index contributed by atoms with van der Waals surface area (Å²) in [7, 11) is 0. The predicted octanol–water partition coefficient (Wildman–Crippen LogP) is 4.53. The number of H-pyrrole nitrogens is 1. The number of hydrogen-bond acceptors (Lipinski definition) is 2. The van der Waals surface area contributed by atoms with Crippen molar-refractivity contribution < 1.29 is 4.79 Å². The molecule has 1 aliphatic heterocycles. The van der Waals surface area contributed by atoms with Crippen molar-refractivity contribution in [3.63, 3.8) is 0 Å². The molecule has 0 atom stereocenters. The smallest absolute Gasteiger partial charge is 0.242 e. The van der Waals surface area contributed by atoms with Crippen molar-refractivity contribution in [2.45, 2.75) is 26.4 Å². The second-order valence-electron chi connectivity index (χ2n) is 8.65. The fourth-order valence-electron chi connectivity index (χ4n) is 5.02. The third kappa shape index (κ3) is 2.85. The molecule has 3 heterocycles. The highest BCUT2D eigenvalue weighted by Gasteiger charge is 2.25. The second-order valence-corrected chi connectivity index (χ2v) is 8.65. The zero-order chi connectivity index (χ0) is 21.8. The summed E-state index contributed by atoms with van der Waals surface area (Å²) in [5, 5.41) is 2.50. The lowest BCUT2D eigenvalue weighted by Gasteiger charge is -2.28. The zero-order valence-corrected chi connectivity index (χ0v) is 17.9. The van der Waals surface area contributed by atoms with Crippen LogP contribution in [0.2, 0.25) is 0 Å². The Morgan fingerprint density at radius 2 is 1.62 bits per heavy atom. The predicted molar refractivity (Wildman–Crippen MR) is 128 cm³/mol.